The molecule has 0 spiro atoms. The lowest BCUT2D eigenvalue weighted by atomic mass is 9.79. The maximum absolute atomic E-state index is 14.5. The lowest BCUT2D eigenvalue weighted by Crippen LogP contribution is -2.61. The van der Waals surface area contributed by atoms with Gasteiger partial charge in [-0.05, 0) is 72.6 Å². The van der Waals surface area contributed by atoms with Crippen molar-refractivity contribution in [1.82, 2.24) is 14.7 Å². The van der Waals surface area contributed by atoms with Gasteiger partial charge in [-0.3, -0.25) is 4.79 Å². The average Bonchev–Trinajstić information content (AvgIpc) is 3.32. The number of aromatic nitrogens is 2. The topological polar surface area (TPSA) is 74.8 Å². The number of aryl methyl sites for hydroxylation is 2. The number of hydrogen-bond acceptors (Lipinski definition) is 5. The third kappa shape index (κ3) is 4.46. The number of benzene rings is 1. The number of rotatable bonds is 4. The summed E-state index contributed by atoms with van der Waals surface area (Å²) in [5.41, 5.74) is 3.26. The van der Waals surface area contributed by atoms with E-state index in [9.17, 15) is 9.18 Å². The van der Waals surface area contributed by atoms with Crippen LogP contribution in [0.3, 0.4) is 0 Å². The summed E-state index contributed by atoms with van der Waals surface area (Å²) in [4.78, 5) is 19.8. The summed E-state index contributed by atoms with van der Waals surface area (Å²) in [7, 11) is 2.12. The Morgan fingerprint density at radius 2 is 1.86 bits per heavy atom. The van der Waals surface area contributed by atoms with Crippen LogP contribution in [0.25, 0.3) is 16.6 Å². The quantitative estimate of drug-likeness (QED) is 0.375. The smallest absolute Gasteiger partial charge is 0.259 e. The molecule has 3 aromatic heterocycles. The summed E-state index contributed by atoms with van der Waals surface area (Å²) in [5, 5.41) is 7.46. The molecule has 1 fully saturated rings. The monoisotopic (exact) mass is 491 g/mol. The number of amides is 1. The molecule has 2 N–H and O–H groups in total. The van der Waals surface area contributed by atoms with Gasteiger partial charge in [0.15, 0.2) is 11.5 Å². The molecule has 8 heteroatoms. The van der Waals surface area contributed by atoms with Crippen LogP contribution in [0, 0.1) is 19.7 Å². The highest BCUT2D eigenvalue weighted by molar-refractivity contribution is 6.13. The Morgan fingerprint density at radius 1 is 1.17 bits per heavy atom. The molecule has 0 aliphatic carbocycles. The Kier molecular flexibility index (Phi) is 5.63. The van der Waals surface area contributed by atoms with Crippen molar-refractivity contribution < 1.29 is 13.6 Å². The minimum Gasteiger partial charge on any atom is -0.460 e. The molecule has 36 heavy (non-hydrogen) atoms. The Labute approximate surface area is 210 Å². The van der Waals surface area contributed by atoms with Crippen molar-refractivity contribution in [2.45, 2.75) is 71.5 Å². The molecule has 0 unspecified atom stereocenters. The SMILES string of the molecule is Cc1cn2cc(NC(=O)c3ccc(N(C)C4CC(C)(C)NC(C)(C)C4)c4cc(C)oc34)cc(F)c2n1. The van der Waals surface area contributed by atoms with E-state index in [2.05, 4.69) is 55.3 Å². The predicted octanol–water partition coefficient (Wildman–Crippen LogP) is 5.83. The van der Waals surface area contributed by atoms with E-state index in [0.29, 0.717) is 28.6 Å². The highest BCUT2D eigenvalue weighted by Gasteiger charge is 2.39. The molecule has 5 rings (SSSR count). The number of nitrogens with one attached hydrogen (secondary N) is 2. The van der Waals surface area contributed by atoms with Gasteiger partial charge >= 0.3 is 0 Å². The molecule has 0 bridgehead atoms. The fraction of sp³-hybridized carbons (Fsp3) is 0.429. The van der Waals surface area contributed by atoms with E-state index >= 15 is 0 Å². The zero-order valence-electron chi connectivity index (χ0n) is 22.0. The molecule has 1 amide bonds. The van der Waals surface area contributed by atoms with Gasteiger partial charge in [0.25, 0.3) is 5.91 Å². The van der Waals surface area contributed by atoms with Gasteiger partial charge in [-0.2, -0.15) is 0 Å². The number of nitrogens with zero attached hydrogens (tertiary/aromatic N) is 3. The van der Waals surface area contributed by atoms with Crippen LogP contribution in [-0.2, 0) is 0 Å². The highest BCUT2D eigenvalue weighted by Crippen LogP contribution is 2.38. The van der Waals surface area contributed by atoms with E-state index in [1.165, 1.54) is 6.07 Å². The highest BCUT2D eigenvalue weighted by atomic mass is 19.1. The molecule has 1 aliphatic rings. The van der Waals surface area contributed by atoms with Crippen LogP contribution in [0.4, 0.5) is 15.8 Å². The van der Waals surface area contributed by atoms with Gasteiger partial charge in [0.2, 0.25) is 0 Å². The standard InChI is InChI=1S/C28H34FN5O2/c1-16-14-34-15-18(11-22(29)25(34)30-16)31-26(35)20-8-9-23(21-10-17(2)36-24(20)21)33(7)19-12-27(3,4)32-28(5,6)13-19/h8-11,14-15,19,32H,12-13H2,1-7H3,(H,31,35). The Balaban J connectivity index is 1.48. The number of halogens is 1. The first-order valence-electron chi connectivity index (χ1n) is 12.3. The van der Waals surface area contributed by atoms with Crippen molar-refractivity contribution in [2.75, 3.05) is 17.3 Å². The van der Waals surface area contributed by atoms with Crippen LogP contribution in [0.2, 0.25) is 0 Å². The fourth-order valence-corrected chi connectivity index (χ4v) is 5.90. The van der Waals surface area contributed by atoms with Gasteiger partial charge in [-0.1, -0.05) is 0 Å². The van der Waals surface area contributed by atoms with E-state index in [1.54, 1.807) is 29.8 Å². The van der Waals surface area contributed by atoms with Gasteiger partial charge in [-0.25, -0.2) is 9.37 Å². The first-order chi connectivity index (χ1) is 16.8. The molecule has 4 aromatic rings. The summed E-state index contributed by atoms with van der Waals surface area (Å²) < 4.78 is 22.1. The summed E-state index contributed by atoms with van der Waals surface area (Å²) in [6.45, 7) is 12.6. The van der Waals surface area contributed by atoms with Gasteiger partial charge in [0.1, 0.15) is 11.3 Å². The summed E-state index contributed by atoms with van der Waals surface area (Å²) in [6.07, 6.45) is 5.37. The van der Waals surface area contributed by atoms with Gasteiger partial charge in [0, 0.05) is 53.7 Å². The third-order valence-corrected chi connectivity index (χ3v) is 7.01. The van der Waals surface area contributed by atoms with Crippen LogP contribution >= 0.6 is 0 Å². The Hall–Kier alpha value is -3.39. The van der Waals surface area contributed by atoms with Crippen LogP contribution in [-0.4, -0.2) is 39.5 Å². The van der Waals surface area contributed by atoms with Crippen molar-refractivity contribution in [2.24, 2.45) is 0 Å². The summed E-state index contributed by atoms with van der Waals surface area (Å²) in [5.74, 6) is -0.125. The summed E-state index contributed by atoms with van der Waals surface area (Å²) in [6, 6.07) is 7.36. The van der Waals surface area contributed by atoms with E-state index < -0.39 is 5.82 Å². The maximum Gasteiger partial charge on any atom is 0.259 e. The predicted molar refractivity (Wildman–Crippen MR) is 142 cm³/mol. The van der Waals surface area contributed by atoms with Gasteiger partial charge in [-0.15, -0.1) is 0 Å². The first-order valence-corrected chi connectivity index (χ1v) is 12.3. The van der Waals surface area contributed by atoms with Crippen molar-refractivity contribution in [1.29, 1.82) is 0 Å². The Morgan fingerprint density at radius 3 is 2.56 bits per heavy atom. The second-order valence-electron chi connectivity index (χ2n) is 11.4. The average molecular weight is 492 g/mol. The van der Waals surface area contributed by atoms with Gasteiger partial charge in [0.05, 0.1) is 16.9 Å². The number of anilines is 2. The number of hydrogen-bond donors (Lipinski definition) is 2. The molecule has 1 saturated heterocycles. The van der Waals surface area contributed by atoms with E-state index in [1.807, 2.05) is 19.1 Å². The van der Waals surface area contributed by atoms with Crippen molar-refractivity contribution in [3.05, 3.63) is 59.5 Å². The Bertz CT molecular complexity index is 1470. The number of carbonyl (C=O) groups excluding carboxylic acids is 1. The second kappa shape index (κ2) is 8.34. The minimum atomic E-state index is -0.496. The molecular formula is C28H34FN5O2. The molecule has 0 radical (unpaired) electrons. The maximum atomic E-state index is 14.5. The molecule has 0 saturated carbocycles. The van der Waals surface area contributed by atoms with Crippen LogP contribution in [0.5, 0.6) is 0 Å². The molecule has 1 aromatic carbocycles. The number of piperidine rings is 1. The molecule has 0 atom stereocenters. The second-order valence-corrected chi connectivity index (χ2v) is 11.4. The number of imidazole rings is 1. The lowest BCUT2D eigenvalue weighted by molar-refractivity contribution is 0.102. The van der Waals surface area contributed by atoms with Gasteiger partial charge < -0.3 is 24.4 Å². The van der Waals surface area contributed by atoms with Crippen LogP contribution < -0.4 is 15.5 Å². The number of furan rings is 1. The normalized spacial score (nSPS) is 17.6. The van der Waals surface area contributed by atoms with Crippen molar-refractivity contribution >= 4 is 33.9 Å². The largest absolute Gasteiger partial charge is 0.460 e. The van der Waals surface area contributed by atoms with E-state index in [0.717, 1.165) is 29.7 Å². The van der Waals surface area contributed by atoms with Crippen LogP contribution in [0.15, 0.2) is 41.1 Å². The third-order valence-electron chi connectivity index (χ3n) is 7.01. The first kappa shape index (κ1) is 24.3. The molecular weight excluding hydrogens is 457 g/mol. The van der Waals surface area contributed by atoms with Crippen LogP contribution in [0.1, 0.15) is 62.3 Å². The summed E-state index contributed by atoms with van der Waals surface area (Å²) >= 11 is 0. The molecule has 7 nitrogen and oxygen atoms in total. The number of carbonyl (C=O) groups is 1. The van der Waals surface area contributed by atoms with Crippen molar-refractivity contribution in [3.63, 3.8) is 0 Å². The van der Waals surface area contributed by atoms with E-state index in [-0.39, 0.29) is 22.6 Å². The zero-order chi connectivity index (χ0) is 26.0. The minimum absolute atomic E-state index is 0.0100. The zero-order valence-corrected chi connectivity index (χ0v) is 22.0. The molecule has 190 valence electrons. The number of pyridine rings is 1. The fourth-order valence-electron chi connectivity index (χ4n) is 5.90. The van der Waals surface area contributed by atoms with Crippen molar-refractivity contribution in [3.8, 4) is 0 Å². The molecule has 4 heterocycles. The van der Waals surface area contributed by atoms with E-state index in [4.69, 9.17) is 4.42 Å². The molecule has 1 aliphatic heterocycles. The number of fused-ring (bicyclic) bond motifs is 2. The lowest BCUT2D eigenvalue weighted by Gasteiger charge is -2.49.